The molecule has 1 aliphatic rings. The van der Waals surface area contributed by atoms with Crippen LogP contribution in [-0.4, -0.2) is 15.5 Å². The van der Waals surface area contributed by atoms with E-state index in [1.807, 2.05) is 0 Å². The SMILES string of the molecule is O=C(O)C1(CI)CC1. The van der Waals surface area contributed by atoms with Gasteiger partial charge in [0.05, 0.1) is 5.41 Å². The number of carboxylic acids is 1. The smallest absolute Gasteiger partial charge is 0.310 e. The number of aliphatic carboxylic acids is 1. The highest BCUT2D eigenvalue weighted by Crippen LogP contribution is 2.47. The molecule has 3 heteroatoms. The van der Waals surface area contributed by atoms with Gasteiger partial charge in [-0.25, -0.2) is 0 Å². The van der Waals surface area contributed by atoms with Crippen LogP contribution in [0.25, 0.3) is 0 Å². The van der Waals surface area contributed by atoms with Gasteiger partial charge in [-0.15, -0.1) is 0 Å². The monoisotopic (exact) mass is 226 g/mol. The maximum Gasteiger partial charge on any atom is 0.310 e. The minimum Gasteiger partial charge on any atom is -0.481 e. The van der Waals surface area contributed by atoms with Crippen molar-refractivity contribution in [2.45, 2.75) is 12.8 Å². The van der Waals surface area contributed by atoms with E-state index in [4.69, 9.17) is 5.11 Å². The van der Waals surface area contributed by atoms with Gasteiger partial charge in [0.2, 0.25) is 0 Å². The van der Waals surface area contributed by atoms with Crippen molar-refractivity contribution in [3.05, 3.63) is 0 Å². The van der Waals surface area contributed by atoms with E-state index in [2.05, 4.69) is 22.6 Å². The zero-order chi connectivity index (χ0) is 6.20. The van der Waals surface area contributed by atoms with E-state index < -0.39 is 5.97 Å². The molecule has 0 unspecified atom stereocenters. The number of halogens is 1. The number of hydrogen-bond donors (Lipinski definition) is 1. The van der Waals surface area contributed by atoms with Crippen LogP contribution in [0, 0.1) is 5.41 Å². The Balaban J connectivity index is 2.53. The quantitative estimate of drug-likeness (QED) is 0.568. The van der Waals surface area contributed by atoms with Gasteiger partial charge in [-0.05, 0) is 12.8 Å². The Labute approximate surface area is 61.4 Å². The summed E-state index contributed by atoms with van der Waals surface area (Å²) in [5.74, 6) is -0.619. The first-order valence-electron chi connectivity index (χ1n) is 2.51. The van der Waals surface area contributed by atoms with E-state index in [1.54, 1.807) is 0 Å². The second-order valence-electron chi connectivity index (χ2n) is 2.22. The number of carbonyl (C=O) groups is 1. The number of rotatable bonds is 2. The van der Waals surface area contributed by atoms with Crippen molar-refractivity contribution in [1.29, 1.82) is 0 Å². The third-order valence-electron chi connectivity index (χ3n) is 1.56. The maximum atomic E-state index is 10.3. The van der Waals surface area contributed by atoms with Crippen molar-refractivity contribution in [1.82, 2.24) is 0 Å². The largest absolute Gasteiger partial charge is 0.481 e. The molecular formula is C5H7IO2. The van der Waals surface area contributed by atoms with Crippen LogP contribution in [0.1, 0.15) is 12.8 Å². The Kier molecular flexibility index (Phi) is 1.47. The summed E-state index contributed by atoms with van der Waals surface area (Å²) in [6.07, 6.45) is 1.76. The molecule has 0 aliphatic heterocycles. The summed E-state index contributed by atoms with van der Waals surface area (Å²) in [5, 5.41) is 8.50. The van der Waals surface area contributed by atoms with Gasteiger partial charge in [0.15, 0.2) is 0 Å². The highest BCUT2D eigenvalue weighted by molar-refractivity contribution is 14.1. The average Bonchev–Trinajstić information content (AvgIpc) is 2.44. The van der Waals surface area contributed by atoms with E-state index in [0.717, 1.165) is 17.3 Å². The van der Waals surface area contributed by atoms with Crippen molar-refractivity contribution in [3.8, 4) is 0 Å². The lowest BCUT2D eigenvalue weighted by Crippen LogP contribution is -2.15. The summed E-state index contributed by atoms with van der Waals surface area (Å²) in [6, 6.07) is 0. The molecule has 8 heavy (non-hydrogen) atoms. The summed E-state index contributed by atoms with van der Waals surface area (Å²) in [7, 11) is 0. The lowest BCUT2D eigenvalue weighted by molar-refractivity contribution is -0.142. The molecule has 1 N–H and O–H groups in total. The van der Waals surface area contributed by atoms with Crippen LogP contribution in [0.2, 0.25) is 0 Å². The Morgan fingerprint density at radius 1 is 1.75 bits per heavy atom. The highest BCUT2D eigenvalue weighted by Gasteiger charge is 2.48. The molecule has 0 aromatic heterocycles. The van der Waals surface area contributed by atoms with Gasteiger partial charge in [0.1, 0.15) is 0 Å². The first kappa shape index (κ1) is 6.32. The molecule has 0 heterocycles. The summed E-state index contributed by atoms with van der Waals surface area (Å²) in [5.41, 5.74) is -0.305. The van der Waals surface area contributed by atoms with Gasteiger partial charge in [-0.2, -0.15) is 0 Å². The molecule has 0 radical (unpaired) electrons. The van der Waals surface area contributed by atoms with Crippen LogP contribution in [0.3, 0.4) is 0 Å². The van der Waals surface area contributed by atoms with Gasteiger partial charge in [-0.1, -0.05) is 22.6 Å². The summed E-state index contributed by atoms with van der Waals surface area (Å²) >= 11 is 2.13. The van der Waals surface area contributed by atoms with Gasteiger partial charge >= 0.3 is 5.97 Å². The molecule has 1 fully saturated rings. The molecule has 0 aromatic rings. The molecular weight excluding hydrogens is 219 g/mol. The first-order chi connectivity index (χ1) is 3.71. The summed E-state index contributed by atoms with van der Waals surface area (Å²) in [4.78, 5) is 10.3. The Hall–Kier alpha value is 0.200. The number of hydrogen-bond acceptors (Lipinski definition) is 1. The van der Waals surface area contributed by atoms with Crippen molar-refractivity contribution in [3.63, 3.8) is 0 Å². The highest BCUT2D eigenvalue weighted by atomic mass is 127. The average molecular weight is 226 g/mol. The Morgan fingerprint density at radius 2 is 2.25 bits per heavy atom. The zero-order valence-electron chi connectivity index (χ0n) is 4.35. The number of carboxylic acid groups (broad SMARTS) is 1. The Morgan fingerprint density at radius 3 is 2.25 bits per heavy atom. The molecule has 0 bridgehead atoms. The van der Waals surface area contributed by atoms with Crippen molar-refractivity contribution in [2.24, 2.45) is 5.41 Å². The topological polar surface area (TPSA) is 37.3 Å². The van der Waals surface area contributed by atoms with E-state index in [9.17, 15) is 4.79 Å². The molecule has 1 aliphatic carbocycles. The van der Waals surface area contributed by atoms with E-state index in [1.165, 1.54) is 0 Å². The molecule has 0 aromatic carbocycles. The molecule has 2 nitrogen and oxygen atoms in total. The van der Waals surface area contributed by atoms with Crippen LogP contribution in [0.15, 0.2) is 0 Å². The molecule has 1 saturated carbocycles. The van der Waals surface area contributed by atoms with Crippen molar-refractivity contribution < 1.29 is 9.90 Å². The lowest BCUT2D eigenvalue weighted by Gasteiger charge is -2.00. The Bertz CT molecular complexity index is 118. The third kappa shape index (κ3) is 0.831. The zero-order valence-corrected chi connectivity index (χ0v) is 6.51. The second kappa shape index (κ2) is 1.86. The van der Waals surface area contributed by atoms with E-state index in [0.29, 0.717) is 0 Å². The first-order valence-corrected chi connectivity index (χ1v) is 4.03. The minimum absolute atomic E-state index is 0.305. The predicted octanol–water partition coefficient (Wildman–Crippen LogP) is 1.29. The third-order valence-corrected chi connectivity index (χ3v) is 3.02. The van der Waals surface area contributed by atoms with Gasteiger partial charge in [0.25, 0.3) is 0 Å². The minimum atomic E-state index is -0.619. The van der Waals surface area contributed by atoms with Crippen molar-refractivity contribution >= 4 is 28.6 Å². The molecule has 1 rings (SSSR count). The van der Waals surface area contributed by atoms with E-state index in [-0.39, 0.29) is 5.41 Å². The van der Waals surface area contributed by atoms with Gasteiger partial charge < -0.3 is 5.11 Å². The number of alkyl halides is 1. The standard InChI is InChI=1S/C5H7IO2/c6-3-5(1-2-5)4(7)8/h1-3H2,(H,7,8). The van der Waals surface area contributed by atoms with E-state index >= 15 is 0 Å². The predicted molar refractivity (Wildman–Crippen MR) is 38.2 cm³/mol. The maximum absolute atomic E-state index is 10.3. The van der Waals surface area contributed by atoms with Crippen LogP contribution in [0.4, 0.5) is 0 Å². The molecule has 0 spiro atoms. The second-order valence-corrected chi connectivity index (χ2v) is 2.98. The summed E-state index contributed by atoms with van der Waals surface area (Å²) in [6.45, 7) is 0. The fourth-order valence-electron chi connectivity index (χ4n) is 0.556. The normalized spacial score (nSPS) is 22.6. The van der Waals surface area contributed by atoms with Crippen LogP contribution in [0.5, 0.6) is 0 Å². The van der Waals surface area contributed by atoms with Crippen LogP contribution < -0.4 is 0 Å². The summed E-state index contributed by atoms with van der Waals surface area (Å²) < 4.78 is 0.764. The molecule has 46 valence electrons. The molecule has 0 amide bonds. The fraction of sp³-hybridized carbons (Fsp3) is 0.800. The van der Waals surface area contributed by atoms with Crippen LogP contribution >= 0.6 is 22.6 Å². The van der Waals surface area contributed by atoms with Crippen molar-refractivity contribution in [2.75, 3.05) is 4.43 Å². The van der Waals surface area contributed by atoms with Crippen LogP contribution in [-0.2, 0) is 4.79 Å². The van der Waals surface area contributed by atoms with Gasteiger partial charge in [-0.3, -0.25) is 4.79 Å². The lowest BCUT2D eigenvalue weighted by atomic mass is 10.2. The molecule has 0 saturated heterocycles. The fourth-order valence-corrected chi connectivity index (χ4v) is 1.64. The molecule has 0 atom stereocenters. The van der Waals surface area contributed by atoms with Gasteiger partial charge in [0, 0.05) is 4.43 Å².